The van der Waals surface area contributed by atoms with E-state index in [2.05, 4.69) is 16.4 Å². The molecular weight excluding hydrogens is 368 g/mol. The molecule has 0 aliphatic rings. The zero-order chi connectivity index (χ0) is 18.5. The molecule has 0 atom stereocenters. The number of carbonyl (C=O) groups is 1. The lowest BCUT2D eigenvalue weighted by molar-refractivity contribution is -0.115. The minimum absolute atomic E-state index is 0.125. The predicted octanol–water partition coefficient (Wildman–Crippen LogP) is 5.17. The highest BCUT2D eigenvalue weighted by atomic mass is 35.5. The third-order valence-electron chi connectivity index (χ3n) is 3.74. The van der Waals surface area contributed by atoms with Crippen LogP contribution in [0.25, 0.3) is 0 Å². The quantitative estimate of drug-likeness (QED) is 0.635. The Kier molecular flexibility index (Phi) is 5.91. The van der Waals surface area contributed by atoms with E-state index >= 15 is 0 Å². The molecule has 6 heteroatoms. The second-order valence-electron chi connectivity index (χ2n) is 6.03. The Bertz CT molecular complexity index is 924. The Hall–Kier alpha value is -2.37. The van der Waals surface area contributed by atoms with Crippen LogP contribution in [0.5, 0.6) is 5.75 Å². The van der Waals surface area contributed by atoms with E-state index in [0.29, 0.717) is 17.3 Å². The molecule has 0 aliphatic heterocycles. The van der Waals surface area contributed by atoms with Gasteiger partial charge >= 0.3 is 0 Å². The number of hydrogen-bond donors (Lipinski definition) is 1. The third kappa shape index (κ3) is 5.07. The lowest BCUT2D eigenvalue weighted by Gasteiger charge is -2.08. The number of benzene rings is 2. The lowest BCUT2D eigenvalue weighted by atomic mass is 10.1. The number of aryl methyl sites for hydroxylation is 2. The normalized spacial score (nSPS) is 10.6. The average Bonchev–Trinajstić information content (AvgIpc) is 3.03. The molecule has 3 rings (SSSR count). The van der Waals surface area contributed by atoms with Gasteiger partial charge in [0, 0.05) is 16.1 Å². The van der Waals surface area contributed by atoms with Gasteiger partial charge in [0.15, 0.2) is 0 Å². The van der Waals surface area contributed by atoms with E-state index in [1.807, 2.05) is 31.4 Å². The summed E-state index contributed by atoms with van der Waals surface area (Å²) in [5, 5.41) is 6.14. The molecule has 0 fully saturated rings. The van der Waals surface area contributed by atoms with Crippen LogP contribution in [0.1, 0.15) is 21.8 Å². The van der Waals surface area contributed by atoms with Crippen LogP contribution in [0.3, 0.4) is 0 Å². The second-order valence-corrected chi connectivity index (χ2v) is 7.40. The molecular formula is C20H19ClN2O2S. The van der Waals surface area contributed by atoms with Gasteiger partial charge in [-0.1, -0.05) is 29.8 Å². The fraction of sp³-hybridized carbons (Fsp3) is 0.200. The summed E-state index contributed by atoms with van der Waals surface area (Å²) in [5.41, 5.74) is 3.65. The molecule has 0 saturated carbocycles. The number of amides is 1. The van der Waals surface area contributed by atoms with Crippen LogP contribution in [-0.4, -0.2) is 10.9 Å². The number of thiazole rings is 1. The first-order chi connectivity index (χ1) is 12.5. The van der Waals surface area contributed by atoms with Crippen LogP contribution < -0.4 is 10.1 Å². The molecule has 0 unspecified atom stereocenters. The minimum atomic E-state index is -0.125. The molecule has 2 aromatic carbocycles. The zero-order valence-corrected chi connectivity index (χ0v) is 16.2. The van der Waals surface area contributed by atoms with E-state index in [9.17, 15) is 4.79 Å². The Balaban J connectivity index is 1.56. The molecule has 1 N–H and O–H groups in total. The molecule has 1 heterocycles. The average molecular weight is 387 g/mol. The van der Waals surface area contributed by atoms with Crippen LogP contribution >= 0.6 is 22.9 Å². The van der Waals surface area contributed by atoms with Crippen LogP contribution in [0.4, 0.5) is 5.69 Å². The van der Waals surface area contributed by atoms with Crippen molar-refractivity contribution in [3.63, 3.8) is 0 Å². The summed E-state index contributed by atoms with van der Waals surface area (Å²) in [7, 11) is 0. The molecule has 0 spiro atoms. The molecule has 134 valence electrons. The monoisotopic (exact) mass is 386 g/mol. The van der Waals surface area contributed by atoms with Crippen molar-refractivity contribution in [2.24, 2.45) is 0 Å². The number of hydrogen-bond acceptors (Lipinski definition) is 4. The zero-order valence-electron chi connectivity index (χ0n) is 14.6. The molecule has 26 heavy (non-hydrogen) atoms. The number of anilines is 1. The van der Waals surface area contributed by atoms with Crippen molar-refractivity contribution in [3.8, 4) is 5.75 Å². The van der Waals surface area contributed by atoms with Gasteiger partial charge < -0.3 is 10.1 Å². The number of rotatable bonds is 6. The molecule has 0 aliphatic carbocycles. The predicted molar refractivity (Wildman–Crippen MR) is 106 cm³/mol. The Labute approximate surface area is 161 Å². The van der Waals surface area contributed by atoms with Crippen molar-refractivity contribution in [1.82, 2.24) is 4.98 Å². The standard InChI is InChI=1S/C20H19ClN2O2S/c1-13-6-7-14(2)18(8-13)25-11-20-23-17(12-26-20)10-19(24)22-16-5-3-4-15(21)9-16/h3-9,12H,10-11H2,1-2H3,(H,22,24). The van der Waals surface area contributed by atoms with E-state index in [4.69, 9.17) is 16.3 Å². The summed E-state index contributed by atoms with van der Waals surface area (Å²) < 4.78 is 5.86. The maximum absolute atomic E-state index is 12.1. The summed E-state index contributed by atoms with van der Waals surface area (Å²) in [5.74, 6) is 0.736. The molecule has 1 aromatic heterocycles. The van der Waals surface area contributed by atoms with Crippen molar-refractivity contribution in [2.45, 2.75) is 26.9 Å². The first-order valence-electron chi connectivity index (χ1n) is 8.18. The van der Waals surface area contributed by atoms with E-state index in [1.165, 1.54) is 11.3 Å². The number of ether oxygens (including phenoxy) is 1. The third-order valence-corrected chi connectivity index (χ3v) is 4.85. The number of halogens is 1. The summed E-state index contributed by atoms with van der Waals surface area (Å²) in [6, 6.07) is 13.2. The van der Waals surface area contributed by atoms with Gasteiger partial charge in [0.1, 0.15) is 17.4 Å². The molecule has 3 aromatic rings. The Morgan fingerprint density at radius 3 is 2.88 bits per heavy atom. The Morgan fingerprint density at radius 2 is 2.08 bits per heavy atom. The second kappa shape index (κ2) is 8.34. The summed E-state index contributed by atoms with van der Waals surface area (Å²) >= 11 is 7.41. The minimum Gasteiger partial charge on any atom is -0.486 e. The van der Waals surface area contributed by atoms with Gasteiger partial charge in [-0.15, -0.1) is 11.3 Å². The SMILES string of the molecule is Cc1ccc(C)c(OCc2nc(CC(=O)Nc3cccc(Cl)c3)cs2)c1. The van der Waals surface area contributed by atoms with E-state index in [-0.39, 0.29) is 12.3 Å². The van der Waals surface area contributed by atoms with Gasteiger partial charge in [-0.05, 0) is 49.2 Å². The number of nitrogens with zero attached hydrogens (tertiary/aromatic N) is 1. The Morgan fingerprint density at radius 1 is 1.23 bits per heavy atom. The van der Waals surface area contributed by atoms with Crippen molar-refractivity contribution in [2.75, 3.05) is 5.32 Å². The van der Waals surface area contributed by atoms with Gasteiger partial charge in [-0.3, -0.25) is 4.79 Å². The van der Waals surface area contributed by atoms with Crippen LogP contribution in [0, 0.1) is 13.8 Å². The van der Waals surface area contributed by atoms with E-state index < -0.39 is 0 Å². The fourth-order valence-electron chi connectivity index (χ4n) is 2.43. The summed E-state index contributed by atoms with van der Waals surface area (Å²) in [6.07, 6.45) is 0.215. The van der Waals surface area contributed by atoms with Crippen molar-refractivity contribution in [1.29, 1.82) is 0 Å². The van der Waals surface area contributed by atoms with Gasteiger partial charge in [0.25, 0.3) is 0 Å². The van der Waals surface area contributed by atoms with Crippen molar-refractivity contribution in [3.05, 3.63) is 74.7 Å². The lowest BCUT2D eigenvalue weighted by Crippen LogP contribution is -2.14. The van der Waals surface area contributed by atoms with Crippen molar-refractivity contribution < 1.29 is 9.53 Å². The maximum Gasteiger partial charge on any atom is 0.230 e. The maximum atomic E-state index is 12.1. The van der Waals surface area contributed by atoms with Crippen molar-refractivity contribution >= 4 is 34.5 Å². The molecule has 0 bridgehead atoms. The van der Waals surface area contributed by atoms with E-state index in [0.717, 1.165) is 27.6 Å². The highest BCUT2D eigenvalue weighted by Crippen LogP contribution is 2.21. The summed E-state index contributed by atoms with van der Waals surface area (Å²) in [4.78, 5) is 16.6. The number of aromatic nitrogens is 1. The smallest absolute Gasteiger partial charge is 0.230 e. The fourth-order valence-corrected chi connectivity index (χ4v) is 3.33. The van der Waals surface area contributed by atoms with Crippen LogP contribution in [0.15, 0.2) is 47.8 Å². The summed E-state index contributed by atoms with van der Waals surface area (Å²) in [6.45, 7) is 4.44. The molecule has 0 saturated heterocycles. The van der Waals surface area contributed by atoms with Gasteiger partial charge in [0.2, 0.25) is 5.91 Å². The first kappa shape index (κ1) is 18.4. The molecule has 1 amide bonds. The van der Waals surface area contributed by atoms with Crippen LogP contribution in [0.2, 0.25) is 5.02 Å². The van der Waals surface area contributed by atoms with Crippen LogP contribution in [-0.2, 0) is 17.8 Å². The first-order valence-corrected chi connectivity index (χ1v) is 9.44. The van der Waals surface area contributed by atoms with Gasteiger partial charge in [0.05, 0.1) is 12.1 Å². The molecule has 4 nitrogen and oxygen atoms in total. The topological polar surface area (TPSA) is 51.2 Å². The molecule has 0 radical (unpaired) electrons. The highest BCUT2D eigenvalue weighted by molar-refractivity contribution is 7.09. The van der Waals surface area contributed by atoms with Gasteiger partial charge in [-0.2, -0.15) is 0 Å². The highest BCUT2D eigenvalue weighted by Gasteiger charge is 2.09. The van der Waals surface area contributed by atoms with Gasteiger partial charge in [-0.25, -0.2) is 4.98 Å². The van der Waals surface area contributed by atoms with E-state index in [1.54, 1.807) is 24.3 Å². The number of carbonyl (C=O) groups excluding carboxylic acids is 1. The number of nitrogens with one attached hydrogen (secondary N) is 1. The largest absolute Gasteiger partial charge is 0.486 e.